The second-order valence-corrected chi connectivity index (χ2v) is 4.48. The normalized spacial score (nSPS) is 12.3. The molecule has 6 heteroatoms. The average molecular weight is 313 g/mol. The zero-order valence-corrected chi connectivity index (χ0v) is 13.7. The van der Waals surface area contributed by atoms with Gasteiger partial charge in [-0.25, -0.2) is 4.79 Å². The van der Waals surface area contributed by atoms with Crippen LogP contribution in [0, 0.1) is 18.3 Å². The van der Waals surface area contributed by atoms with Gasteiger partial charge in [-0.3, -0.25) is 0 Å². The van der Waals surface area contributed by atoms with Crippen LogP contribution >= 0.6 is 11.6 Å². The van der Waals surface area contributed by atoms with E-state index in [1.54, 1.807) is 19.1 Å². The Hall–Kier alpha value is -1.77. The summed E-state index contributed by atoms with van der Waals surface area (Å²) in [6, 6.07) is 4.26. The largest absolute Gasteiger partial charge is 0.467 e. The van der Waals surface area contributed by atoms with Crippen molar-refractivity contribution in [3.63, 3.8) is 0 Å². The quantitative estimate of drug-likeness (QED) is 0.835. The molecule has 0 amide bonds. The van der Waals surface area contributed by atoms with Crippen LogP contribution in [0.1, 0.15) is 31.9 Å². The van der Waals surface area contributed by atoms with Gasteiger partial charge in [-0.05, 0) is 31.5 Å². The number of carbonyl (C=O) groups is 1. The fourth-order valence-corrected chi connectivity index (χ4v) is 1.81. The second kappa shape index (κ2) is 9.22. The summed E-state index contributed by atoms with van der Waals surface area (Å²) in [6.07, 6.45) is -0.929. The molecule has 0 aliphatic rings. The topological polar surface area (TPSA) is 82.3 Å². The third kappa shape index (κ3) is 4.92. The highest BCUT2D eigenvalue weighted by molar-refractivity contribution is 6.32. The standard InChI is InChI=1S/C13H15ClN2O3.C2H6/c1-7-10(5-4-9(6-15)11(7)14)16-12(8(2)17)13(18)19-3;1-2/h4-5,8,12,16-17H,1-3H3;1-2H3. The molecule has 0 radical (unpaired) electrons. The molecule has 0 aliphatic heterocycles. The maximum absolute atomic E-state index is 11.5. The van der Waals surface area contributed by atoms with Crippen LogP contribution in [0.5, 0.6) is 0 Å². The smallest absolute Gasteiger partial charge is 0.330 e. The van der Waals surface area contributed by atoms with Crippen LogP contribution in [-0.2, 0) is 9.53 Å². The van der Waals surface area contributed by atoms with Gasteiger partial charge in [0.1, 0.15) is 6.07 Å². The van der Waals surface area contributed by atoms with Crippen molar-refractivity contribution in [2.75, 3.05) is 12.4 Å². The van der Waals surface area contributed by atoms with Crippen molar-refractivity contribution < 1.29 is 14.6 Å². The number of hydrogen-bond acceptors (Lipinski definition) is 5. The lowest BCUT2D eigenvalue weighted by molar-refractivity contribution is -0.143. The monoisotopic (exact) mass is 312 g/mol. The number of benzene rings is 1. The van der Waals surface area contributed by atoms with E-state index in [9.17, 15) is 9.90 Å². The van der Waals surface area contributed by atoms with Gasteiger partial charge in [-0.15, -0.1) is 0 Å². The molecule has 0 bridgehead atoms. The van der Waals surface area contributed by atoms with E-state index in [-0.39, 0.29) is 0 Å². The summed E-state index contributed by atoms with van der Waals surface area (Å²) < 4.78 is 4.61. The molecule has 0 heterocycles. The van der Waals surface area contributed by atoms with Crippen molar-refractivity contribution in [1.82, 2.24) is 0 Å². The van der Waals surface area contributed by atoms with Gasteiger partial charge in [0.15, 0.2) is 6.04 Å². The predicted octanol–water partition coefficient (Wildman–Crippen LogP) is 2.88. The third-order valence-electron chi connectivity index (χ3n) is 2.76. The van der Waals surface area contributed by atoms with E-state index in [4.69, 9.17) is 16.9 Å². The molecule has 0 saturated carbocycles. The van der Waals surface area contributed by atoms with Crippen LogP contribution in [-0.4, -0.2) is 30.3 Å². The molecular weight excluding hydrogens is 292 g/mol. The first-order chi connectivity index (χ1) is 9.92. The Kier molecular flexibility index (Phi) is 8.44. The van der Waals surface area contributed by atoms with E-state index >= 15 is 0 Å². The van der Waals surface area contributed by atoms with E-state index in [1.807, 2.05) is 19.9 Å². The molecule has 1 aromatic carbocycles. The number of ether oxygens (including phenoxy) is 1. The van der Waals surface area contributed by atoms with Gasteiger partial charge in [-0.1, -0.05) is 25.4 Å². The number of nitrogens with one attached hydrogen (secondary N) is 1. The number of carbonyl (C=O) groups excluding carboxylic acids is 1. The molecule has 21 heavy (non-hydrogen) atoms. The minimum Gasteiger partial charge on any atom is -0.467 e. The number of aliphatic hydroxyl groups excluding tert-OH is 1. The lowest BCUT2D eigenvalue weighted by atomic mass is 10.1. The van der Waals surface area contributed by atoms with Crippen molar-refractivity contribution in [2.45, 2.75) is 39.8 Å². The highest BCUT2D eigenvalue weighted by Crippen LogP contribution is 2.27. The Morgan fingerprint density at radius 1 is 1.48 bits per heavy atom. The van der Waals surface area contributed by atoms with Crippen molar-refractivity contribution in [3.8, 4) is 6.07 Å². The summed E-state index contributed by atoms with van der Waals surface area (Å²) >= 11 is 6.03. The lowest BCUT2D eigenvalue weighted by Crippen LogP contribution is -2.40. The molecule has 2 unspecified atom stereocenters. The Morgan fingerprint density at radius 2 is 2.05 bits per heavy atom. The fourth-order valence-electron chi connectivity index (χ4n) is 1.60. The fraction of sp³-hybridized carbons (Fsp3) is 0.467. The van der Waals surface area contributed by atoms with Gasteiger partial charge in [0.05, 0.1) is 23.8 Å². The summed E-state index contributed by atoms with van der Waals surface area (Å²) in [5, 5.41) is 21.6. The number of anilines is 1. The van der Waals surface area contributed by atoms with Crippen LogP contribution in [0.15, 0.2) is 12.1 Å². The van der Waals surface area contributed by atoms with Gasteiger partial charge in [0, 0.05) is 5.69 Å². The number of rotatable bonds is 4. The molecule has 2 N–H and O–H groups in total. The predicted molar refractivity (Wildman–Crippen MR) is 83.4 cm³/mol. The van der Waals surface area contributed by atoms with E-state index < -0.39 is 18.1 Å². The van der Waals surface area contributed by atoms with Gasteiger partial charge in [0.25, 0.3) is 0 Å². The summed E-state index contributed by atoms with van der Waals surface area (Å²) in [5.41, 5.74) is 1.56. The average Bonchev–Trinajstić information content (AvgIpc) is 2.49. The van der Waals surface area contributed by atoms with E-state index in [0.717, 1.165) is 0 Å². The Labute approximate surface area is 130 Å². The van der Waals surface area contributed by atoms with Crippen molar-refractivity contribution in [1.29, 1.82) is 5.26 Å². The molecule has 0 aliphatic carbocycles. The molecule has 0 fully saturated rings. The first-order valence-corrected chi connectivity index (χ1v) is 7.01. The van der Waals surface area contributed by atoms with E-state index in [2.05, 4.69) is 10.1 Å². The molecule has 2 atom stereocenters. The zero-order chi connectivity index (χ0) is 16.6. The summed E-state index contributed by atoms with van der Waals surface area (Å²) in [5.74, 6) is -0.574. The summed E-state index contributed by atoms with van der Waals surface area (Å²) in [4.78, 5) is 11.5. The Bertz CT molecular complexity index is 524. The molecule has 0 spiro atoms. The Morgan fingerprint density at radius 3 is 2.48 bits per heavy atom. The highest BCUT2D eigenvalue weighted by Gasteiger charge is 2.25. The number of esters is 1. The number of halogens is 1. The zero-order valence-electron chi connectivity index (χ0n) is 12.9. The van der Waals surface area contributed by atoms with Crippen LogP contribution in [0.3, 0.4) is 0 Å². The van der Waals surface area contributed by atoms with Crippen LogP contribution in [0.4, 0.5) is 5.69 Å². The molecule has 116 valence electrons. The van der Waals surface area contributed by atoms with Gasteiger partial charge < -0.3 is 15.2 Å². The van der Waals surface area contributed by atoms with Crippen LogP contribution in [0.25, 0.3) is 0 Å². The second-order valence-electron chi connectivity index (χ2n) is 4.10. The molecule has 0 saturated heterocycles. The van der Waals surface area contributed by atoms with Crippen LogP contribution in [0.2, 0.25) is 5.02 Å². The van der Waals surface area contributed by atoms with Gasteiger partial charge in [0.2, 0.25) is 0 Å². The number of aliphatic hydroxyl groups is 1. The molecule has 1 rings (SSSR count). The van der Waals surface area contributed by atoms with Gasteiger partial charge in [-0.2, -0.15) is 5.26 Å². The number of nitrogens with zero attached hydrogens (tertiary/aromatic N) is 1. The SMILES string of the molecule is CC.COC(=O)C(Nc1ccc(C#N)c(Cl)c1C)C(C)O. The van der Waals surface area contributed by atoms with Crippen molar-refractivity contribution in [2.24, 2.45) is 0 Å². The highest BCUT2D eigenvalue weighted by atomic mass is 35.5. The lowest BCUT2D eigenvalue weighted by Gasteiger charge is -2.21. The van der Waals surface area contributed by atoms with Crippen LogP contribution < -0.4 is 5.32 Å². The Balaban J connectivity index is 0.00000191. The number of methoxy groups -OCH3 is 1. The molecule has 5 nitrogen and oxygen atoms in total. The van der Waals surface area contributed by atoms with E-state index in [1.165, 1.54) is 14.0 Å². The minimum absolute atomic E-state index is 0.321. The maximum atomic E-state index is 11.5. The maximum Gasteiger partial charge on any atom is 0.330 e. The number of hydrogen-bond donors (Lipinski definition) is 2. The third-order valence-corrected chi connectivity index (χ3v) is 3.24. The summed E-state index contributed by atoms with van der Waals surface area (Å²) in [6.45, 7) is 7.21. The molecular formula is C15H21ClN2O3. The van der Waals surface area contributed by atoms with E-state index in [0.29, 0.717) is 21.8 Å². The number of nitriles is 1. The molecule has 0 aromatic heterocycles. The minimum atomic E-state index is -0.929. The first kappa shape index (κ1) is 19.2. The summed E-state index contributed by atoms with van der Waals surface area (Å²) in [7, 11) is 1.25. The van der Waals surface area contributed by atoms with Crippen molar-refractivity contribution in [3.05, 3.63) is 28.3 Å². The van der Waals surface area contributed by atoms with Crippen molar-refractivity contribution >= 4 is 23.3 Å². The van der Waals surface area contributed by atoms with Gasteiger partial charge >= 0.3 is 5.97 Å². The molecule has 1 aromatic rings. The first-order valence-electron chi connectivity index (χ1n) is 6.64.